The molecule has 1 saturated heterocycles. The van der Waals surface area contributed by atoms with Crippen LogP contribution in [-0.4, -0.2) is 39.6 Å². The van der Waals surface area contributed by atoms with Crippen LogP contribution in [-0.2, 0) is 0 Å². The van der Waals surface area contributed by atoms with Crippen LogP contribution in [0.4, 0.5) is 18.0 Å². The summed E-state index contributed by atoms with van der Waals surface area (Å²) in [5.74, 6) is 0. The first kappa shape index (κ1) is 23.1. The molecule has 0 aromatic carbocycles. The smallest absolute Gasteiger partial charge is 0.307 e. The fraction of sp³-hybridized carbons (Fsp3) is 0.409. The summed E-state index contributed by atoms with van der Waals surface area (Å²) in [6, 6.07) is 0.999. The molecule has 3 aliphatic rings. The molecule has 11 heteroatoms. The third-order valence-corrected chi connectivity index (χ3v) is 6.49. The number of allylic oxidation sites excluding steroid dienone is 6. The molecule has 33 heavy (non-hydrogen) atoms. The van der Waals surface area contributed by atoms with Crippen molar-refractivity contribution in [1.29, 1.82) is 5.26 Å². The van der Waals surface area contributed by atoms with Crippen molar-refractivity contribution in [1.82, 2.24) is 25.5 Å². The van der Waals surface area contributed by atoms with Gasteiger partial charge in [0.1, 0.15) is 6.07 Å². The number of hydrazine groups is 1. The molecular weight excluding hydrogens is 457 g/mol. The number of alkyl halides is 3. The second-order valence-corrected chi connectivity index (χ2v) is 8.99. The number of hydrogen-bond donors (Lipinski definition) is 2. The van der Waals surface area contributed by atoms with Crippen LogP contribution in [0.25, 0.3) is 0 Å². The molecule has 3 atom stereocenters. The topological polar surface area (TPSA) is 86.0 Å². The number of urea groups is 1. The highest BCUT2D eigenvalue weighted by Gasteiger charge is 2.49. The van der Waals surface area contributed by atoms with E-state index >= 15 is 0 Å². The molecule has 7 nitrogen and oxygen atoms in total. The lowest BCUT2D eigenvalue weighted by molar-refractivity contribution is -0.199. The van der Waals surface area contributed by atoms with E-state index in [0.717, 1.165) is 23.6 Å². The Morgan fingerprint density at radius 3 is 2.76 bits per heavy atom. The molecule has 1 aliphatic heterocycles. The van der Waals surface area contributed by atoms with Crippen LogP contribution in [0.5, 0.6) is 0 Å². The average Bonchev–Trinajstić information content (AvgIpc) is 3.42. The predicted octanol–water partition coefficient (Wildman–Crippen LogP) is 4.45. The van der Waals surface area contributed by atoms with Gasteiger partial charge in [0, 0.05) is 16.9 Å². The molecule has 3 unspecified atom stereocenters. The normalized spacial score (nSPS) is 27.5. The Balaban J connectivity index is 1.50. The number of halogens is 4. The number of amides is 2. The summed E-state index contributed by atoms with van der Waals surface area (Å²) in [7, 11) is 0. The number of hydrogen-bond acceptors (Lipinski definition) is 4. The van der Waals surface area contributed by atoms with Gasteiger partial charge < -0.3 is 5.32 Å². The zero-order chi connectivity index (χ0) is 23.8. The number of aromatic nitrogens is 2. The summed E-state index contributed by atoms with van der Waals surface area (Å²) in [6.45, 7) is 1.36. The summed E-state index contributed by atoms with van der Waals surface area (Å²) in [6.07, 6.45) is 7.30. The van der Waals surface area contributed by atoms with Crippen LogP contribution in [0.3, 0.4) is 0 Å². The van der Waals surface area contributed by atoms with E-state index in [1.54, 1.807) is 10.9 Å². The van der Waals surface area contributed by atoms with Crippen molar-refractivity contribution in [3.63, 3.8) is 0 Å². The number of carbonyl (C=O) groups is 1. The van der Waals surface area contributed by atoms with Crippen LogP contribution < -0.4 is 10.7 Å². The van der Waals surface area contributed by atoms with E-state index in [-0.39, 0.29) is 25.0 Å². The standard InChI is InChI=1S/C22H22ClF3N6O/c1-21(22(24,25)26)8-6-17(7-9-21)29-20(33)32-13-18(31-12-14(10-27)11-28-31)19(30-32)15-2-4-16(23)5-3-15/h2,4,6-8,11-12,18-19,30H,3,5,9,13H2,1H3,(H,29,33). The molecule has 2 N–H and O–H groups in total. The number of nitrogens with zero attached hydrogens (tertiary/aromatic N) is 4. The van der Waals surface area contributed by atoms with Gasteiger partial charge in [-0.25, -0.2) is 10.2 Å². The molecular formula is C22H22ClF3N6O. The molecule has 1 fully saturated rings. The Bertz CT molecular complexity index is 1110. The molecule has 1 aromatic heterocycles. The lowest BCUT2D eigenvalue weighted by atomic mass is 9.82. The molecule has 174 valence electrons. The first-order chi connectivity index (χ1) is 15.6. The lowest BCUT2D eigenvalue weighted by Crippen LogP contribution is -2.46. The predicted molar refractivity (Wildman–Crippen MR) is 115 cm³/mol. The number of rotatable bonds is 3. The van der Waals surface area contributed by atoms with Crippen molar-refractivity contribution in [3.05, 3.63) is 64.6 Å². The van der Waals surface area contributed by atoms with Crippen LogP contribution in [0, 0.1) is 16.7 Å². The fourth-order valence-corrected chi connectivity index (χ4v) is 4.15. The monoisotopic (exact) mass is 478 g/mol. The van der Waals surface area contributed by atoms with Crippen LogP contribution >= 0.6 is 11.6 Å². The third-order valence-electron chi connectivity index (χ3n) is 6.17. The van der Waals surface area contributed by atoms with Gasteiger partial charge in [-0.15, -0.1) is 0 Å². The van der Waals surface area contributed by atoms with Gasteiger partial charge in [-0.3, -0.25) is 9.69 Å². The molecule has 2 aliphatic carbocycles. The largest absolute Gasteiger partial charge is 0.397 e. The maximum atomic E-state index is 13.2. The highest BCUT2D eigenvalue weighted by Crippen LogP contribution is 2.44. The third kappa shape index (κ3) is 4.70. The maximum Gasteiger partial charge on any atom is 0.397 e. The van der Waals surface area contributed by atoms with Crippen molar-refractivity contribution >= 4 is 17.6 Å². The SMILES string of the molecule is CC1(C(F)(F)F)C=CC(NC(=O)N2CC(n3cc(C#N)cn3)C(C3=CC=C(Cl)CC3)N2)=CC1. The van der Waals surface area contributed by atoms with Crippen molar-refractivity contribution in [3.8, 4) is 6.07 Å². The van der Waals surface area contributed by atoms with Crippen molar-refractivity contribution in [2.24, 2.45) is 5.41 Å². The quantitative estimate of drug-likeness (QED) is 0.672. The van der Waals surface area contributed by atoms with E-state index in [0.29, 0.717) is 24.1 Å². The average molecular weight is 479 g/mol. The highest BCUT2D eigenvalue weighted by molar-refractivity contribution is 6.29. The maximum absolute atomic E-state index is 13.2. The molecule has 2 amide bonds. The fourth-order valence-electron chi connectivity index (χ4n) is 4.00. The second kappa shape index (κ2) is 8.72. The highest BCUT2D eigenvalue weighted by atomic mass is 35.5. The summed E-state index contributed by atoms with van der Waals surface area (Å²) in [5.41, 5.74) is 2.98. The van der Waals surface area contributed by atoms with Gasteiger partial charge in [-0.2, -0.15) is 23.5 Å². The molecule has 4 rings (SSSR count). The van der Waals surface area contributed by atoms with E-state index in [1.165, 1.54) is 23.4 Å². The molecule has 0 radical (unpaired) electrons. The van der Waals surface area contributed by atoms with Gasteiger partial charge in [0.25, 0.3) is 0 Å². The summed E-state index contributed by atoms with van der Waals surface area (Å²) in [4.78, 5) is 12.9. The van der Waals surface area contributed by atoms with E-state index < -0.39 is 17.6 Å². The first-order valence-corrected chi connectivity index (χ1v) is 10.8. The minimum Gasteiger partial charge on any atom is -0.307 e. The van der Waals surface area contributed by atoms with E-state index in [1.807, 2.05) is 18.2 Å². The van der Waals surface area contributed by atoms with Crippen molar-refractivity contribution < 1.29 is 18.0 Å². The first-order valence-electron chi connectivity index (χ1n) is 10.4. The molecule has 1 aromatic rings. The Morgan fingerprint density at radius 1 is 1.39 bits per heavy atom. The second-order valence-electron chi connectivity index (χ2n) is 8.50. The van der Waals surface area contributed by atoms with Gasteiger partial charge in [0.2, 0.25) is 0 Å². The van der Waals surface area contributed by atoms with Crippen LogP contribution in [0.2, 0.25) is 0 Å². The zero-order valence-electron chi connectivity index (χ0n) is 17.7. The number of carbonyl (C=O) groups excluding carboxylic acids is 1. The lowest BCUT2D eigenvalue weighted by Gasteiger charge is -2.30. The van der Waals surface area contributed by atoms with Gasteiger partial charge in [-0.05, 0) is 43.9 Å². The Labute approximate surface area is 193 Å². The Kier molecular flexibility index (Phi) is 6.12. The number of nitriles is 1. The van der Waals surface area contributed by atoms with Crippen LogP contribution in [0.15, 0.2) is 59.1 Å². The van der Waals surface area contributed by atoms with Crippen molar-refractivity contribution in [2.75, 3.05) is 6.54 Å². The van der Waals surface area contributed by atoms with Gasteiger partial charge in [-0.1, -0.05) is 29.8 Å². The van der Waals surface area contributed by atoms with Gasteiger partial charge in [0.05, 0.1) is 35.8 Å². The zero-order valence-corrected chi connectivity index (χ0v) is 18.5. The minimum atomic E-state index is -4.37. The van der Waals surface area contributed by atoms with E-state index in [2.05, 4.69) is 15.8 Å². The molecule has 0 saturated carbocycles. The minimum absolute atomic E-state index is 0.245. The van der Waals surface area contributed by atoms with Gasteiger partial charge >= 0.3 is 12.2 Å². The molecule has 2 heterocycles. The summed E-state index contributed by atoms with van der Waals surface area (Å²) >= 11 is 6.08. The summed E-state index contributed by atoms with van der Waals surface area (Å²) in [5, 5.41) is 18.2. The Hall–Kier alpha value is -3.03. The van der Waals surface area contributed by atoms with Crippen LogP contribution in [0.1, 0.15) is 37.8 Å². The van der Waals surface area contributed by atoms with Gasteiger partial charge in [0.15, 0.2) is 0 Å². The molecule has 0 bridgehead atoms. The van der Waals surface area contributed by atoms with Crippen molar-refractivity contribution in [2.45, 2.75) is 44.4 Å². The number of nitrogens with one attached hydrogen (secondary N) is 2. The Morgan fingerprint density at radius 2 is 2.18 bits per heavy atom. The molecule has 0 spiro atoms. The summed E-state index contributed by atoms with van der Waals surface area (Å²) < 4.78 is 41.3. The van der Waals surface area contributed by atoms with E-state index in [4.69, 9.17) is 16.9 Å². The van der Waals surface area contributed by atoms with E-state index in [9.17, 15) is 18.0 Å².